The van der Waals surface area contributed by atoms with Gasteiger partial charge in [0.1, 0.15) is 6.04 Å². The van der Waals surface area contributed by atoms with Crippen molar-refractivity contribution in [3.63, 3.8) is 0 Å². The third-order valence-corrected chi connectivity index (χ3v) is 5.81. The Morgan fingerprint density at radius 3 is 2.24 bits per heavy atom. The standard InChI is InChI=1S/C23H23ClN2O2S/c1-2-26(16-19-13-14-21(24)29-19)23(28)20(15-17-9-5-3-6-10-17)25-22(27)18-11-7-4-8-12-18/h3-14,20H,2,15-16H2,1H3,(H,25,27). The Balaban J connectivity index is 1.80. The van der Waals surface area contributed by atoms with Crippen molar-refractivity contribution in [1.82, 2.24) is 10.2 Å². The third kappa shape index (κ3) is 5.92. The molecule has 1 aromatic heterocycles. The number of hydrogen-bond acceptors (Lipinski definition) is 3. The molecule has 0 aliphatic carbocycles. The van der Waals surface area contributed by atoms with Crippen LogP contribution in [0.4, 0.5) is 0 Å². The van der Waals surface area contributed by atoms with E-state index in [1.54, 1.807) is 17.0 Å². The largest absolute Gasteiger partial charge is 0.340 e. The fraction of sp³-hybridized carbons (Fsp3) is 0.217. The molecule has 0 spiro atoms. The van der Waals surface area contributed by atoms with Gasteiger partial charge in [0.25, 0.3) is 5.91 Å². The molecule has 0 saturated carbocycles. The Morgan fingerprint density at radius 2 is 1.66 bits per heavy atom. The number of benzene rings is 2. The SMILES string of the molecule is CCN(Cc1ccc(Cl)s1)C(=O)C(Cc1ccccc1)NC(=O)c1ccccc1. The summed E-state index contributed by atoms with van der Waals surface area (Å²) in [6.45, 7) is 2.95. The third-order valence-electron chi connectivity index (χ3n) is 4.59. The Labute approximate surface area is 180 Å². The second kappa shape index (κ2) is 10.2. The van der Waals surface area contributed by atoms with E-state index in [2.05, 4.69) is 5.32 Å². The summed E-state index contributed by atoms with van der Waals surface area (Å²) in [7, 11) is 0. The van der Waals surface area contributed by atoms with Gasteiger partial charge in [0, 0.05) is 23.4 Å². The van der Waals surface area contributed by atoms with E-state index in [0.29, 0.717) is 29.4 Å². The van der Waals surface area contributed by atoms with Crippen molar-refractivity contribution < 1.29 is 9.59 Å². The molecule has 0 bridgehead atoms. The summed E-state index contributed by atoms with van der Waals surface area (Å²) in [4.78, 5) is 28.8. The fourth-order valence-electron chi connectivity index (χ4n) is 3.07. The number of hydrogen-bond donors (Lipinski definition) is 1. The number of nitrogens with zero attached hydrogens (tertiary/aromatic N) is 1. The maximum absolute atomic E-state index is 13.3. The van der Waals surface area contributed by atoms with Crippen LogP contribution in [0.25, 0.3) is 0 Å². The van der Waals surface area contributed by atoms with E-state index in [0.717, 1.165) is 10.4 Å². The molecule has 0 aliphatic rings. The zero-order valence-electron chi connectivity index (χ0n) is 16.2. The molecule has 29 heavy (non-hydrogen) atoms. The minimum atomic E-state index is -0.652. The molecule has 1 atom stereocenters. The minimum absolute atomic E-state index is 0.106. The van der Waals surface area contributed by atoms with Crippen molar-refractivity contribution in [1.29, 1.82) is 0 Å². The Bertz CT molecular complexity index is 944. The maximum atomic E-state index is 13.3. The van der Waals surface area contributed by atoms with Crippen LogP contribution in [0.15, 0.2) is 72.8 Å². The lowest BCUT2D eigenvalue weighted by Gasteiger charge is -2.27. The normalized spacial score (nSPS) is 11.7. The summed E-state index contributed by atoms with van der Waals surface area (Å²) in [5.74, 6) is -0.361. The highest BCUT2D eigenvalue weighted by molar-refractivity contribution is 7.16. The minimum Gasteiger partial charge on any atom is -0.340 e. The van der Waals surface area contributed by atoms with Crippen molar-refractivity contribution in [3.8, 4) is 0 Å². The highest BCUT2D eigenvalue weighted by atomic mass is 35.5. The summed E-state index contributed by atoms with van der Waals surface area (Å²) in [5, 5.41) is 2.93. The van der Waals surface area contributed by atoms with Crippen molar-refractivity contribution in [3.05, 3.63) is 93.1 Å². The first-order valence-electron chi connectivity index (χ1n) is 9.49. The average molecular weight is 427 g/mol. The lowest BCUT2D eigenvalue weighted by molar-refractivity contribution is -0.133. The van der Waals surface area contributed by atoms with Gasteiger partial charge in [-0.25, -0.2) is 0 Å². The molecule has 0 fully saturated rings. The molecule has 150 valence electrons. The average Bonchev–Trinajstić information content (AvgIpc) is 3.17. The van der Waals surface area contributed by atoms with E-state index < -0.39 is 6.04 Å². The van der Waals surface area contributed by atoms with E-state index in [9.17, 15) is 9.59 Å². The zero-order valence-corrected chi connectivity index (χ0v) is 17.7. The predicted octanol–water partition coefficient (Wildman–Crippen LogP) is 4.79. The van der Waals surface area contributed by atoms with Crippen molar-refractivity contribution in [2.45, 2.75) is 25.9 Å². The van der Waals surface area contributed by atoms with Gasteiger partial charge in [0.15, 0.2) is 0 Å². The number of carbonyl (C=O) groups excluding carboxylic acids is 2. The van der Waals surface area contributed by atoms with Crippen LogP contribution in [0.1, 0.15) is 27.7 Å². The van der Waals surface area contributed by atoms with Crippen molar-refractivity contribution >= 4 is 34.8 Å². The molecule has 4 nitrogen and oxygen atoms in total. The molecular formula is C23H23ClN2O2S. The van der Waals surface area contributed by atoms with Gasteiger partial charge >= 0.3 is 0 Å². The van der Waals surface area contributed by atoms with Crippen LogP contribution in [-0.2, 0) is 17.8 Å². The zero-order chi connectivity index (χ0) is 20.6. The first-order chi connectivity index (χ1) is 14.1. The topological polar surface area (TPSA) is 49.4 Å². The van der Waals surface area contributed by atoms with E-state index in [4.69, 9.17) is 11.6 Å². The van der Waals surface area contributed by atoms with Crippen LogP contribution in [0.3, 0.4) is 0 Å². The maximum Gasteiger partial charge on any atom is 0.251 e. The highest BCUT2D eigenvalue weighted by Crippen LogP contribution is 2.23. The quantitative estimate of drug-likeness (QED) is 0.562. The van der Waals surface area contributed by atoms with Crippen molar-refractivity contribution in [2.24, 2.45) is 0 Å². The summed E-state index contributed by atoms with van der Waals surface area (Å²) in [5.41, 5.74) is 1.53. The summed E-state index contributed by atoms with van der Waals surface area (Å²) < 4.78 is 0.696. The van der Waals surface area contributed by atoms with E-state index >= 15 is 0 Å². The van der Waals surface area contributed by atoms with Crippen LogP contribution in [-0.4, -0.2) is 29.3 Å². The molecule has 1 heterocycles. The molecule has 3 rings (SSSR count). The van der Waals surface area contributed by atoms with Crippen molar-refractivity contribution in [2.75, 3.05) is 6.54 Å². The monoisotopic (exact) mass is 426 g/mol. The Kier molecular flexibility index (Phi) is 7.44. The molecule has 1 N–H and O–H groups in total. The number of carbonyl (C=O) groups is 2. The molecule has 2 aromatic carbocycles. The van der Waals surface area contributed by atoms with Crippen LogP contribution >= 0.6 is 22.9 Å². The van der Waals surface area contributed by atoms with Gasteiger partial charge in [0.2, 0.25) is 5.91 Å². The Hall–Kier alpha value is -2.63. The van der Waals surface area contributed by atoms with E-state index in [1.165, 1.54) is 11.3 Å². The van der Waals surface area contributed by atoms with Gasteiger partial charge in [-0.3, -0.25) is 9.59 Å². The molecule has 6 heteroatoms. The number of thiophene rings is 1. The first kappa shape index (κ1) is 21.1. The smallest absolute Gasteiger partial charge is 0.251 e. The molecule has 1 unspecified atom stereocenters. The van der Waals surface area contributed by atoms with E-state index in [-0.39, 0.29) is 11.8 Å². The molecule has 3 aromatic rings. The summed E-state index contributed by atoms with van der Waals surface area (Å²) >= 11 is 7.49. The Morgan fingerprint density at radius 1 is 1.00 bits per heavy atom. The molecule has 0 saturated heterocycles. The van der Waals surface area contributed by atoms with Gasteiger partial charge in [-0.1, -0.05) is 60.1 Å². The lowest BCUT2D eigenvalue weighted by Crippen LogP contribution is -2.49. The van der Waals surface area contributed by atoms with Gasteiger partial charge in [-0.15, -0.1) is 11.3 Å². The highest BCUT2D eigenvalue weighted by Gasteiger charge is 2.26. The number of likely N-dealkylation sites (N-methyl/N-ethyl adjacent to an activating group) is 1. The van der Waals surface area contributed by atoms with Crippen LogP contribution < -0.4 is 5.32 Å². The predicted molar refractivity (Wildman–Crippen MR) is 118 cm³/mol. The summed E-state index contributed by atoms with van der Waals surface area (Å²) in [6, 6.07) is 21.8. The molecule has 0 aliphatic heterocycles. The van der Waals surface area contributed by atoms with Gasteiger partial charge in [-0.2, -0.15) is 0 Å². The van der Waals surface area contributed by atoms with Crippen LogP contribution in [0.5, 0.6) is 0 Å². The first-order valence-corrected chi connectivity index (χ1v) is 10.7. The van der Waals surface area contributed by atoms with Crippen LogP contribution in [0, 0.1) is 0 Å². The van der Waals surface area contributed by atoms with Crippen LogP contribution in [0.2, 0.25) is 4.34 Å². The lowest BCUT2D eigenvalue weighted by atomic mass is 10.0. The van der Waals surface area contributed by atoms with Gasteiger partial charge in [0.05, 0.1) is 10.9 Å². The number of amides is 2. The molecule has 0 radical (unpaired) electrons. The number of halogens is 1. The fourth-order valence-corrected chi connectivity index (χ4v) is 4.18. The molecule has 2 amide bonds. The summed E-state index contributed by atoms with van der Waals surface area (Å²) in [6.07, 6.45) is 0.430. The number of nitrogens with one attached hydrogen (secondary N) is 1. The van der Waals surface area contributed by atoms with Gasteiger partial charge < -0.3 is 10.2 Å². The second-order valence-electron chi connectivity index (χ2n) is 6.64. The van der Waals surface area contributed by atoms with Gasteiger partial charge in [-0.05, 0) is 36.8 Å². The number of rotatable bonds is 8. The molecular weight excluding hydrogens is 404 g/mol. The van der Waals surface area contributed by atoms with E-state index in [1.807, 2.05) is 67.6 Å². The second-order valence-corrected chi connectivity index (χ2v) is 8.44.